The third kappa shape index (κ3) is 3.69. The van der Waals surface area contributed by atoms with E-state index in [1.54, 1.807) is 6.19 Å². The molecule has 0 spiro atoms. The molecular formula is C11H12N2O2. The Balaban J connectivity index is 2.36. The molecule has 0 saturated carbocycles. The smallest absolute Gasteiger partial charge is 0.236 e. The van der Waals surface area contributed by atoms with Crippen molar-refractivity contribution in [3.8, 4) is 11.9 Å². The number of para-hydroxylation sites is 1. The lowest BCUT2D eigenvalue weighted by molar-refractivity contribution is -0.120. The summed E-state index contributed by atoms with van der Waals surface area (Å²) in [7, 11) is 0. The molecule has 15 heavy (non-hydrogen) atoms. The summed E-state index contributed by atoms with van der Waals surface area (Å²) in [6.45, 7) is 2.21. The van der Waals surface area contributed by atoms with Crippen LogP contribution in [-0.4, -0.2) is 12.5 Å². The highest BCUT2D eigenvalue weighted by atomic mass is 16.5. The van der Waals surface area contributed by atoms with E-state index in [1.165, 1.54) is 0 Å². The Hall–Kier alpha value is -2.02. The zero-order chi connectivity index (χ0) is 11.1. The molecule has 1 aromatic rings. The maximum atomic E-state index is 10.9. The third-order valence-corrected chi connectivity index (χ3v) is 1.88. The predicted molar refractivity (Wildman–Crippen MR) is 55.0 cm³/mol. The average Bonchev–Trinajstić information content (AvgIpc) is 2.21. The van der Waals surface area contributed by atoms with Crippen molar-refractivity contribution in [2.75, 3.05) is 6.61 Å². The van der Waals surface area contributed by atoms with E-state index in [2.05, 4.69) is 0 Å². The molecule has 0 aliphatic rings. The van der Waals surface area contributed by atoms with Crippen LogP contribution in [0.4, 0.5) is 0 Å². The Morgan fingerprint density at radius 3 is 2.93 bits per heavy atom. The summed E-state index contributed by atoms with van der Waals surface area (Å²) in [6, 6.07) is 7.57. The molecule has 0 bridgehead atoms. The van der Waals surface area contributed by atoms with Gasteiger partial charge in [-0.2, -0.15) is 5.26 Å². The highest BCUT2D eigenvalue weighted by molar-refractivity contribution is 5.77. The van der Waals surface area contributed by atoms with Gasteiger partial charge in [0.25, 0.3) is 0 Å². The van der Waals surface area contributed by atoms with Crippen molar-refractivity contribution in [2.24, 2.45) is 0 Å². The number of nitriles is 1. The number of hydrogen-bond acceptors (Lipinski definition) is 3. The van der Waals surface area contributed by atoms with Crippen molar-refractivity contribution in [3.05, 3.63) is 29.8 Å². The Bertz CT molecular complexity index is 382. The van der Waals surface area contributed by atoms with Gasteiger partial charge in [0.2, 0.25) is 5.91 Å². The van der Waals surface area contributed by atoms with Crippen LogP contribution in [0.1, 0.15) is 12.0 Å². The third-order valence-electron chi connectivity index (χ3n) is 1.88. The van der Waals surface area contributed by atoms with Gasteiger partial charge < -0.3 is 4.74 Å². The normalized spacial score (nSPS) is 9.07. The van der Waals surface area contributed by atoms with Gasteiger partial charge in [0, 0.05) is 0 Å². The molecule has 0 aliphatic heterocycles. The molecule has 1 aromatic carbocycles. The minimum absolute atomic E-state index is 0.182. The fraction of sp³-hybridized carbons (Fsp3) is 0.273. The van der Waals surface area contributed by atoms with E-state index in [0.717, 1.165) is 11.3 Å². The summed E-state index contributed by atoms with van der Waals surface area (Å²) < 4.78 is 5.38. The number of carbonyl (C=O) groups excluding carboxylic acids is 1. The number of aryl methyl sites for hydroxylation is 1. The zero-order valence-corrected chi connectivity index (χ0v) is 8.49. The van der Waals surface area contributed by atoms with Gasteiger partial charge in [-0.25, -0.2) is 0 Å². The van der Waals surface area contributed by atoms with Crippen LogP contribution < -0.4 is 10.1 Å². The van der Waals surface area contributed by atoms with Crippen LogP contribution in [0.3, 0.4) is 0 Å². The number of ether oxygens (including phenoxy) is 1. The van der Waals surface area contributed by atoms with Crippen molar-refractivity contribution < 1.29 is 9.53 Å². The van der Waals surface area contributed by atoms with Gasteiger partial charge in [0.1, 0.15) is 5.75 Å². The second kappa shape index (κ2) is 5.66. The van der Waals surface area contributed by atoms with Crippen molar-refractivity contribution in [1.82, 2.24) is 5.32 Å². The summed E-state index contributed by atoms with van der Waals surface area (Å²) >= 11 is 0. The van der Waals surface area contributed by atoms with E-state index in [4.69, 9.17) is 10.00 Å². The van der Waals surface area contributed by atoms with Crippen LogP contribution in [0, 0.1) is 18.4 Å². The molecule has 4 heteroatoms. The molecule has 0 aliphatic carbocycles. The molecule has 4 nitrogen and oxygen atoms in total. The quantitative estimate of drug-likeness (QED) is 0.595. The first kappa shape index (κ1) is 11.1. The summed E-state index contributed by atoms with van der Waals surface area (Å²) in [5.41, 5.74) is 1.03. The van der Waals surface area contributed by atoms with E-state index in [1.807, 2.05) is 36.5 Å². The van der Waals surface area contributed by atoms with Gasteiger partial charge in [-0.3, -0.25) is 10.1 Å². The van der Waals surface area contributed by atoms with Crippen LogP contribution in [0.15, 0.2) is 24.3 Å². The van der Waals surface area contributed by atoms with Crippen molar-refractivity contribution in [1.29, 1.82) is 5.26 Å². The lowest BCUT2D eigenvalue weighted by Gasteiger charge is -2.07. The summed E-state index contributed by atoms with van der Waals surface area (Å²) in [6.07, 6.45) is 1.75. The largest absolute Gasteiger partial charge is 0.493 e. The first-order chi connectivity index (χ1) is 7.24. The van der Waals surface area contributed by atoms with Gasteiger partial charge in [-0.15, -0.1) is 0 Å². The predicted octanol–water partition coefficient (Wildman–Crippen LogP) is 1.36. The van der Waals surface area contributed by atoms with Crippen molar-refractivity contribution >= 4 is 5.91 Å². The van der Waals surface area contributed by atoms with Crippen LogP contribution in [0.25, 0.3) is 0 Å². The molecule has 0 saturated heterocycles. The van der Waals surface area contributed by atoms with Crippen LogP contribution in [0.5, 0.6) is 5.75 Å². The number of amides is 1. The Kier molecular flexibility index (Phi) is 4.17. The number of nitrogens with one attached hydrogen (secondary N) is 1. The molecule has 78 valence electrons. The lowest BCUT2D eigenvalue weighted by atomic mass is 10.2. The van der Waals surface area contributed by atoms with Crippen LogP contribution in [-0.2, 0) is 4.79 Å². The van der Waals surface area contributed by atoms with E-state index in [9.17, 15) is 4.79 Å². The molecule has 0 radical (unpaired) electrons. The summed E-state index contributed by atoms with van der Waals surface area (Å²) in [5.74, 6) is 0.438. The van der Waals surface area contributed by atoms with Gasteiger partial charge in [0.05, 0.1) is 13.0 Å². The number of benzene rings is 1. The second-order valence-corrected chi connectivity index (χ2v) is 3.02. The standard InChI is InChI=1S/C11H12N2O2/c1-9-4-2-3-5-10(9)15-7-6-11(14)13-8-12/h2-5H,6-7H2,1H3,(H,13,14). The lowest BCUT2D eigenvalue weighted by Crippen LogP contribution is -2.19. The number of rotatable bonds is 4. The molecule has 1 rings (SSSR count). The molecule has 0 fully saturated rings. The highest BCUT2D eigenvalue weighted by Crippen LogP contribution is 2.15. The van der Waals surface area contributed by atoms with Gasteiger partial charge >= 0.3 is 0 Å². The van der Waals surface area contributed by atoms with Gasteiger partial charge in [-0.1, -0.05) is 18.2 Å². The molecule has 0 aromatic heterocycles. The van der Waals surface area contributed by atoms with E-state index in [-0.39, 0.29) is 18.9 Å². The molecule has 0 unspecified atom stereocenters. The number of carbonyl (C=O) groups is 1. The fourth-order valence-corrected chi connectivity index (χ4v) is 1.10. The van der Waals surface area contributed by atoms with Crippen LogP contribution >= 0.6 is 0 Å². The number of nitrogens with zero attached hydrogens (tertiary/aromatic N) is 1. The summed E-state index contributed by atoms with van der Waals surface area (Å²) in [5, 5.41) is 10.2. The number of hydrogen-bond donors (Lipinski definition) is 1. The monoisotopic (exact) mass is 204 g/mol. The second-order valence-electron chi connectivity index (χ2n) is 3.02. The topological polar surface area (TPSA) is 62.1 Å². The zero-order valence-electron chi connectivity index (χ0n) is 8.49. The summed E-state index contributed by atoms with van der Waals surface area (Å²) in [4.78, 5) is 10.9. The van der Waals surface area contributed by atoms with Gasteiger partial charge in [0.15, 0.2) is 6.19 Å². The van der Waals surface area contributed by atoms with Crippen molar-refractivity contribution in [2.45, 2.75) is 13.3 Å². The molecular weight excluding hydrogens is 192 g/mol. The maximum absolute atomic E-state index is 10.9. The highest BCUT2D eigenvalue weighted by Gasteiger charge is 2.01. The van der Waals surface area contributed by atoms with Gasteiger partial charge in [-0.05, 0) is 18.6 Å². The molecule has 1 amide bonds. The first-order valence-electron chi connectivity index (χ1n) is 4.60. The first-order valence-corrected chi connectivity index (χ1v) is 4.60. The minimum Gasteiger partial charge on any atom is -0.493 e. The maximum Gasteiger partial charge on any atom is 0.236 e. The SMILES string of the molecule is Cc1ccccc1OCCC(=O)NC#N. The Morgan fingerprint density at radius 2 is 2.27 bits per heavy atom. The Morgan fingerprint density at radius 1 is 1.53 bits per heavy atom. The molecule has 1 N–H and O–H groups in total. The Labute approximate surface area is 88.5 Å². The van der Waals surface area contributed by atoms with E-state index < -0.39 is 0 Å². The van der Waals surface area contributed by atoms with E-state index in [0.29, 0.717) is 0 Å². The van der Waals surface area contributed by atoms with Crippen molar-refractivity contribution in [3.63, 3.8) is 0 Å². The fourth-order valence-electron chi connectivity index (χ4n) is 1.10. The molecule has 0 atom stereocenters. The molecule has 0 heterocycles. The van der Waals surface area contributed by atoms with Crippen LogP contribution in [0.2, 0.25) is 0 Å². The van der Waals surface area contributed by atoms with E-state index >= 15 is 0 Å². The average molecular weight is 204 g/mol. The minimum atomic E-state index is -0.328.